The molecule has 3 rings (SSSR count). The van der Waals surface area contributed by atoms with E-state index < -0.39 is 0 Å². The molecule has 27 heavy (non-hydrogen) atoms. The van der Waals surface area contributed by atoms with Crippen LogP contribution >= 0.6 is 11.3 Å². The molecule has 0 aliphatic carbocycles. The molecule has 0 radical (unpaired) electrons. The van der Waals surface area contributed by atoms with Crippen LogP contribution in [0, 0.1) is 0 Å². The normalized spacial score (nSPS) is 14.2. The maximum atomic E-state index is 12.9. The van der Waals surface area contributed by atoms with Gasteiger partial charge in [-0.25, -0.2) is 0 Å². The number of benzene rings is 1. The average Bonchev–Trinajstić information content (AvgIpc) is 3.21. The van der Waals surface area contributed by atoms with Crippen LogP contribution in [0.5, 0.6) is 11.5 Å². The molecule has 2 aromatic rings. The van der Waals surface area contributed by atoms with Crippen LogP contribution in [0.15, 0.2) is 29.6 Å². The van der Waals surface area contributed by atoms with Gasteiger partial charge in [0.1, 0.15) is 11.5 Å². The Balaban J connectivity index is 1.67. The summed E-state index contributed by atoms with van der Waals surface area (Å²) in [6.45, 7) is 4.13. The Labute approximate surface area is 163 Å². The smallest absolute Gasteiger partial charge is 0.264 e. The maximum Gasteiger partial charge on any atom is 0.264 e. The van der Waals surface area contributed by atoms with Crippen molar-refractivity contribution in [1.82, 2.24) is 9.80 Å². The highest BCUT2D eigenvalue weighted by Gasteiger charge is 2.28. The molecule has 1 aromatic heterocycles. The number of thiophene rings is 1. The Morgan fingerprint density at radius 3 is 2.26 bits per heavy atom. The lowest BCUT2D eigenvalue weighted by molar-refractivity contribution is 0.0535. The second-order valence-electron chi connectivity index (χ2n) is 6.28. The summed E-state index contributed by atoms with van der Waals surface area (Å²) in [4.78, 5) is 30.1. The van der Waals surface area contributed by atoms with Crippen LogP contribution in [0.1, 0.15) is 32.5 Å². The van der Waals surface area contributed by atoms with E-state index in [9.17, 15) is 9.59 Å². The molecule has 1 fully saturated rings. The second-order valence-corrected chi connectivity index (χ2v) is 7.20. The van der Waals surface area contributed by atoms with E-state index in [-0.39, 0.29) is 11.8 Å². The zero-order chi connectivity index (χ0) is 19.4. The number of carbonyl (C=O) groups is 2. The molecule has 0 saturated carbocycles. The zero-order valence-corrected chi connectivity index (χ0v) is 16.7. The first kappa shape index (κ1) is 19.2. The fourth-order valence-electron chi connectivity index (χ4n) is 3.20. The Hall–Kier alpha value is -2.54. The molecule has 2 heterocycles. The molecule has 1 aliphatic heterocycles. The number of rotatable bonds is 5. The first-order chi connectivity index (χ1) is 13.1. The molecule has 7 heteroatoms. The molecular formula is C20H24N2O4S. The molecule has 0 atom stereocenters. The minimum absolute atomic E-state index is 0.0657. The number of amides is 2. The molecule has 0 unspecified atom stereocenters. The third-order valence-corrected chi connectivity index (χ3v) is 5.76. The van der Waals surface area contributed by atoms with Crippen molar-refractivity contribution in [3.8, 4) is 11.5 Å². The summed E-state index contributed by atoms with van der Waals surface area (Å²) in [6, 6.07) is 7.18. The summed E-state index contributed by atoms with van der Waals surface area (Å²) < 4.78 is 10.5. The summed E-state index contributed by atoms with van der Waals surface area (Å²) >= 11 is 1.49. The summed E-state index contributed by atoms with van der Waals surface area (Å²) in [5, 5.41) is 1.96. The predicted octanol–water partition coefficient (Wildman–Crippen LogP) is 2.93. The predicted molar refractivity (Wildman–Crippen MR) is 105 cm³/mol. The van der Waals surface area contributed by atoms with Gasteiger partial charge >= 0.3 is 0 Å². The number of hydrogen-bond donors (Lipinski definition) is 0. The van der Waals surface area contributed by atoms with Crippen molar-refractivity contribution in [1.29, 1.82) is 0 Å². The number of ether oxygens (including phenoxy) is 2. The SMILES string of the molecule is CCc1ccsc1C(=O)N1CCN(C(=O)c2ccc(OC)cc2OC)CC1. The van der Waals surface area contributed by atoms with Gasteiger partial charge in [0, 0.05) is 32.2 Å². The summed E-state index contributed by atoms with van der Waals surface area (Å²) in [6.07, 6.45) is 0.848. The standard InChI is InChI=1S/C20H24N2O4S/c1-4-14-7-12-27-18(14)20(24)22-10-8-21(9-11-22)19(23)16-6-5-15(25-2)13-17(16)26-3/h5-7,12-13H,4,8-11H2,1-3H3. The fraction of sp³-hybridized carbons (Fsp3) is 0.400. The minimum atomic E-state index is -0.0908. The molecule has 0 bridgehead atoms. The second kappa shape index (κ2) is 8.43. The van der Waals surface area contributed by atoms with Crippen molar-refractivity contribution in [2.24, 2.45) is 0 Å². The van der Waals surface area contributed by atoms with Gasteiger partial charge in [-0.15, -0.1) is 11.3 Å². The number of aryl methyl sites for hydroxylation is 1. The van der Waals surface area contributed by atoms with Crippen LogP contribution in [0.25, 0.3) is 0 Å². The van der Waals surface area contributed by atoms with E-state index in [2.05, 4.69) is 6.92 Å². The van der Waals surface area contributed by atoms with E-state index in [1.54, 1.807) is 30.2 Å². The lowest BCUT2D eigenvalue weighted by Gasteiger charge is -2.35. The lowest BCUT2D eigenvalue weighted by Crippen LogP contribution is -2.50. The van der Waals surface area contributed by atoms with Gasteiger partial charge in [-0.2, -0.15) is 0 Å². The Bertz CT molecular complexity index is 825. The topological polar surface area (TPSA) is 59.1 Å². The Morgan fingerprint density at radius 2 is 1.67 bits per heavy atom. The fourth-order valence-corrected chi connectivity index (χ4v) is 4.17. The molecule has 0 N–H and O–H groups in total. The van der Waals surface area contributed by atoms with E-state index in [1.165, 1.54) is 18.4 Å². The van der Waals surface area contributed by atoms with E-state index in [0.717, 1.165) is 16.9 Å². The van der Waals surface area contributed by atoms with Crippen molar-refractivity contribution in [2.45, 2.75) is 13.3 Å². The van der Waals surface area contributed by atoms with Crippen LogP contribution in [0.4, 0.5) is 0 Å². The highest BCUT2D eigenvalue weighted by atomic mass is 32.1. The molecule has 0 spiro atoms. The third-order valence-electron chi connectivity index (χ3n) is 4.82. The van der Waals surface area contributed by atoms with Crippen molar-refractivity contribution in [2.75, 3.05) is 40.4 Å². The van der Waals surface area contributed by atoms with Crippen LogP contribution in [0.3, 0.4) is 0 Å². The number of hydrogen-bond acceptors (Lipinski definition) is 5. The minimum Gasteiger partial charge on any atom is -0.497 e. The largest absolute Gasteiger partial charge is 0.497 e. The summed E-state index contributed by atoms with van der Waals surface area (Å²) in [7, 11) is 3.11. The van der Waals surface area contributed by atoms with Crippen LogP contribution < -0.4 is 9.47 Å². The van der Waals surface area contributed by atoms with Gasteiger partial charge in [-0.1, -0.05) is 6.92 Å². The number of carbonyl (C=O) groups excluding carboxylic acids is 2. The molecule has 1 aromatic carbocycles. The zero-order valence-electron chi connectivity index (χ0n) is 15.9. The van der Waals surface area contributed by atoms with Crippen LogP contribution in [0.2, 0.25) is 0 Å². The summed E-state index contributed by atoms with van der Waals surface area (Å²) in [5.74, 6) is 1.11. The van der Waals surface area contributed by atoms with E-state index in [4.69, 9.17) is 9.47 Å². The van der Waals surface area contributed by atoms with Crippen molar-refractivity contribution < 1.29 is 19.1 Å². The van der Waals surface area contributed by atoms with E-state index in [1.807, 2.05) is 16.3 Å². The van der Waals surface area contributed by atoms with Gasteiger partial charge in [0.15, 0.2) is 0 Å². The highest BCUT2D eigenvalue weighted by Crippen LogP contribution is 2.26. The van der Waals surface area contributed by atoms with Gasteiger partial charge in [0.05, 0.1) is 24.7 Å². The van der Waals surface area contributed by atoms with Gasteiger partial charge < -0.3 is 19.3 Å². The first-order valence-corrected chi connectivity index (χ1v) is 9.84. The number of methoxy groups -OCH3 is 2. The highest BCUT2D eigenvalue weighted by molar-refractivity contribution is 7.12. The first-order valence-electron chi connectivity index (χ1n) is 8.96. The molecule has 6 nitrogen and oxygen atoms in total. The van der Waals surface area contributed by atoms with Gasteiger partial charge in [0.2, 0.25) is 0 Å². The van der Waals surface area contributed by atoms with E-state index in [0.29, 0.717) is 43.2 Å². The van der Waals surface area contributed by atoms with Gasteiger partial charge in [-0.3, -0.25) is 9.59 Å². The quantitative estimate of drug-likeness (QED) is 0.790. The Morgan fingerprint density at radius 1 is 1.00 bits per heavy atom. The molecule has 2 amide bonds. The number of nitrogens with zero attached hydrogens (tertiary/aromatic N) is 2. The average molecular weight is 388 g/mol. The maximum absolute atomic E-state index is 12.9. The Kier molecular flexibility index (Phi) is 6.01. The third kappa shape index (κ3) is 3.93. The van der Waals surface area contributed by atoms with Gasteiger partial charge in [-0.05, 0) is 35.6 Å². The molecule has 1 saturated heterocycles. The van der Waals surface area contributed by atoms with Crippen LogP contribution in [-0.4, -0.2) is 62.0 Å². The number of piperazine rings is 1. The van der Waals surface area contributed by atoms with Crippen LogP contribution in [-0.2, 0) is 6.42 Å². The molecule has 144 valence electrons. The van der Waals surface area contributed by atoms with Crippen molar-refractivity contribution >= 4 is 23.2 Å². The molecule has 1 aliphatic rings. The van der Waals surface area contributed by atoms with Crippen molar-refractivity contribution in [3.63, 3.8) is 0 Å². The lowest BCUT2D eigenvalue weighted by atomic mass is 10.1. The summed E-state index contributed by atoms with van der Waals surface area (Å²) in [5.41, 5.74) is 1.59. The van der Waals surface area contributed by atoms with Crippen molar-refractivity contribution in [3.05, 3.63) is 45.6 Å². The van der Waals surface area contributed by atoms with Gasteiger partial charge in [0.25, 0.3) is 11.8 Å². The van der Waals surface area contributed by atoms with E-state index >= 15 is 0 Å². The molecular weight excluding hydrogens is 364 g/mol. The monoisotopic (exact) mass is 388 g/mol.